The van der Waals surface area contributed by atoms with Crippen molar-refractivity contribution in [3.63, 3.8) is 0 Å². The molecule has 90 valence electrons. The predicted molar refractivity (Wildman–Crippen MR) is 55.6 cm³/mol. The fraction of sp³-hybridized carbons (Fsp3) is 0.500. The van der Waals surface area contributed by atoms with Crippen LogP contribution in [-0.2, 0) is 19.1 Å². The molecule has 2 N–H and O–H groups in total. The summed E-state index contributed by atoms with van der Waals surface area (Å²) in [6, 6.07) is -1.08. The molecule has 0 radical (unpaired) electrons. The van der Waals surface area contributed by atoms with Crippen LogP contribution in [0.3, 0.4) is 0 Å². The summed E-state index contributed by atoms with van der Waals surface area (Å²) in [6.07, 6.45) is 2.66. The minimum Gasteiger partial charge on any atom is -0.480 e. The van der Waals surface area contributed by atoms with Crippen LogP contribution in [0.15, 0.2) is 12.2 Å². The van der Waals surface area contributed by atoms with E-state index in [0.29, 0.717) is 0 Å². The van der Waals surface area contributed by atoms with E-state index in [1.54, 1.807) is 6.92 Å². The minimum atomic E-state index is -1.18. The van der Waals surface area contributed by atoms with Crippen LogP contribution in [0, 0.1) is 0 Å². The first kappa shape index (κ1) is 14.2. The average Bonchev–Trinajstić information content (AvgIpc) is 2.23. The van der Waals surface area contributed by atoms with Gasteiger partial charge in [-0.05, 0) is 19.4 Å². The molecule has 1 amide bonds. The number of allylic oxidation sites excluding steroid dienone is 1. The SMILES string of the molecule is C/C=C/C(=O)N[C@H](CCC(=O)OC)C(=O)O. The Morgan fingerprint density at radius 1 is 1.44 bits per heavy atom. The van der Waals surface area contributed by atoms with Crippen molar-refractivity contribution in [3.8, 4) is 0 Å². The summed E-state index contributed by atoms with van der Waals surface area (Å²) < 4.78 is 4.37. The second kappa shape index (κ2) is 7.44. The third-order valence-corrected chi connectivity index (χ3v) is 1.80. The van der Waals surface area contributed by atoms with Crippen molar-refractivity contribution in [1.29, 1.82) is 0 Å². The molecular weight excluding hydrogens is 214 g/mol. The number of carbonyl (C=O) groups is 3. The highest BCUT2D eigenvalue weighted by Gasteiger charge is 2.19. The van der Waals surface area contributed by atoms with Crippen molar-refractivity contribution >= 4 is 17.8 Å². The quantitative estimate of drug-likeness (QED) is 0.497. The van der Waals surface area contributed by atoms with Crippen LogP contribution in [-0.4, -0.2) is 36.1 Å². The van der Waals surface area contributed by atoms with Crippen molar-refractivity contribution in [2.75, 3.05) is 7.11 Å². The molecule has 0 heterocycles. The molecule has 0 saturated heterocycles. The van der Waals surface area contributed by atoms with Gasteiger partial charge in [-0.25, -0.2) is 4.79 Å². The van der Waals surface area contributed by atoms with E-state index >= 15 is 0 Å². The standard InChI is InChI=1S/C10H15NO5/c1-3-4-8(12)11-7(10(14)15)5-6-9(13)16-2/h3-4,7H,5-6H2,1-2H3,(H,11,12)(H,14,15)/b4-3+/t7-/m1/s1. The van der Waals surface area contributed by atoms with Gasteiger partial charge in [0.15, 0.2) is 0 Å². The Kier molecular flexibility index (Phi) is 6.58. The maximum atomic E-state index is 11.1. The van der Waals surface area contributed by atoms with Crippen molar-refractivity contribution in [3.05, 3.63) is 12.2 Å². The van der Waals surface area contributed by atoms with Crippen LogP contribution < -0.4 is 5.32 Å². The molecule has 0 bridgehead atoms. The zero-order valence-corrected chi connectivity index (χ0v) is 9.23. The molecule has 0 rings (SSSR count). The van der Waals surface area contributed by atoms with Gasteiger partial charge >= 0.3 is 11.9 Å². The third-order valence-electron chi connectivity index (χ3n) is 1.80. The molecule has 0 fully saturated rings. The van der Waals surface area contributed by atoms with Gasteiger partial charge in [0, 0.05) is 6.42 Å². The van der Waals surface area contributed by atoms with Gasteiger partial charge in [0.25, 0.3) is 0 Å². The van der Waals surface area contributed by atoms with Crippen LogP contribution in [0.5, 0.6) is 0 Å². The lowest BCUT2D eigenvalue weighted by Crippen LogP contribution is -2.40. The first-order valence-corrected chi connectivity index (χ1v) is 4.74. The maximum Gasteiger partial charge on any atom is 0.326 e. The number of hydrogen-bond acceptors (Lipinski definition) is 4. The summed E-state index contributed by atoms with van der Waals surface area (Å²) in [5.41, 5.74) is 0. The lowest BCUT2D eigenvalue weighted by atomic mass is 10.1. The van der Waals surface area contributed by atoms with Crippen LogP contribution in [0.25, 0.3) is 0 Å². The average molecular weight is 229 g/mol. The van der Waals surface area contributed by atoms with E-state index in [4.69, 9.17) is 5.11 Å². The van der Waals surface area contributed by atoms with Gasteiger partial charge in [0.1, 0.15) is 6.04 Å². The predicted octanol–water partition coefficient (Wildman–Crippen LogP) is 0.0851. The Hall–Kier alpha value is -1.85. The normalized spacial score (nSPS) is 12.1. The Morgan fingerprint density at radius 2 is 2.06 bits per heavy atom. The second-order valence-corrected chi connectivity index (χ2v) is 3.01. The van der Waals surface area contributed by atoms with Gasteiger partial charge in [-0.1, -0.05) is 6.08 Å². The van der Waals surface area contributed by atoms with Crippen LogP contribution >= 0.6 is 0 Å². The minimum absolute atomic E-state index is 0.00526. The summed E-state index contributed by atoms with van der Waals surface area (Å²) in [6.45, 7) is 1.64. The number of esters is 1. The van der Waals surface area contributed by atoms with Gasteiger partial charge in [0.2, 0.25) is 5.91 Å². The number of aliphatic carboxylic acids is 1. The van der Waals surface area contributed by atoms with E-state index < -0.39 is 23.9 Å². The largest absolute Gasteiger partial charge is 0.480 e. The summed E-state index contributed by atoms with van der Waals surface area (Å²) in [5.74, 6) is -2.19. The smallest absolute Gasteiger partial charge is 0.326 e. The van der Waals surface area contributed by atoms with E-state index in [1.807, 2.05) is 0 Å². The lowest BCUT2D eigenvalue weighted by molar-refractivity contribution is -0.143. The Bertz CT molecular complexity index is 298. The highest BCUT2D eigenvalue weighted by molar-refractivity contribution is 5.91. The second-order valence-electron chi connectivity index (χ2n) is 3.01. The Labute approximate surface area is 93.3 Å². The molecule has 0 aromatic rings. The van der Waals surface area contributed by atoms with Crippen molar-refractivity contribution in [2.24, 2.45) is 0 Å². The third kappa shape index (κ3) is 5.79. The monoisotopic (exact) mass is 229 g/mol. The highest BCUT2D eigenvalue weighted by atomic mass is 16.5. The number of nitrogens with one attached hydrogen (secondary N) is 1. The van der Waals surface area contributed by atoms with Crippen LogP contribution in [0.2, 0.25) is 0 Å². The molecule has 6 heteroatoms. The molecule has 0 aromatic carbocycles. The van der Waals surface area contributed by atoms with E-state index in [0.717, 1.165) is 0 Å². The first-order valence-electron chi connectivity index (χ1n) is 4.74. The summed E-state index contributed by atoms with van der Waals surface area (Å²) >= 11 is 0. The van der Waals surface area contributed by atoms with Crippen molar-refractivity contribution in [2.45, 2.75) is 25.8 Å². The molecule has 0 spiro atoms. The van der Waals surface area contributed by atoms with E-state index in [-0.39, 0.29) is 12.8 Å². The molecular formula is C10H15NO5. The topological polar surface area (TPSA) is 92.7 Å². The number of rotatable bonds is 6. The molecule has 0 aliphatic carbocycles. The van der Waals surface area contributed by atoms with E-state index in [2.05, 4.69) is 10.1 Å². The number of amides is 1. The molecule has 0 aliphatic rings. The molecule has 1 atom stereocenters. The zero-order chi connectivity index (χ0) is 12.6. The first-order chi connectivity index (χ1) is 7.51. The van der Waals surface area contributed by atoms with Crippen molar-refractivity contribution < 1.29 is 24.2 Å². The summed E-state index contributed by atoms with van der Waals surface area (Å²) in [5, 5.41) is 11.0. The number of carbonyl (C=O) groups excluding carboxylic acids is 2. The molecule has 0 aromatic heterocycles. The highest BCUT2D eigenvalue weighted by Crippen LogP contribution is 1.99. The van der Waals surface area contributed by atoms with Gasteiger partial charge in [-0.15, -0.1) is 0 Å². The van der Waals surface area contributed by atoms with Crippen LogP contribution in [0.1, 0.15) is 19.8 Å². The number of ether oxygens (including phenoxy) is 1. The van der Waals surface area contributed by atoms with Gasteiger partial charge in [-0.3, -0.25) is 9.59 Å². The molecule has 0 aliphatic heterocycles. The number of methoxy groups -OCH3 is 1. The molecule has 16 heavy (non-hydrogen) atoms. The van der Waals surface area contributed by atoms with Gasteiger partial charge in [0.05, 0.1) is 7.11 Å². The fourth-order valence-electron chi connectivity index (χ4n) is 0.993. The van der Waals surface area contributed by atoms with Crippen molar-refractivity contribution in [1.82, 2.24) is 5.32 Å². The number of carboxylic acid groups (broad SMARTS) is 1. The van der Waals surface area contributed by atoms with Crippen LogP contribution in [0.4, 0.5) is 0 Å². The lowest BCUT2D eigenvalue weighted by Gasteiger charge is -2.12. The molecule has 0 saturated carbocycles. The zero-order valence-electron chi connectivity index (χ0n) is 9.23. The Morgan fingerprint density at radius 3 is 2.50 bits per heavy atom. The summed E-state index contributed by atoms with van der Waals surface area (Å²) in [4.78, 5) is 32.7. The van der Waals surface area contributed by atoms with E-state index in [9.17, 15) is 14.4 Å². The Balaban J connectivity index is 4.23. The fourth-order valence-corrected chi connectivity index (χ4v) is 0.993. The van der Waals surface area contributed by atoms with E-state index in [1.165, 1.54) is 19.3 Å². The molecule has 6 nitrogen and oxygen atoms in total. The van der Waals surface area contributed by atoms with Gasteiger partial charge < -0.3 is 15.2 Å². The van der Waals surface area contributed by atoms with Gasteiger partial charge in [-0.2, -0.15) is 0 Å². The number of carboxylic acids is 1. The number of hydrogen-bond donors (Lipinski definition) is 2. The molecule has 0 unspecified atom stereocenters. The summed E-state index contributed by atoms with van der Waals surface area (Å²) in [7, 11) is 1.22. The maximum absolute atomic E-state index is 11.1.